The van der Waals surface area contributed by atoms with Gasteiger partial charge in [-0.15, -0.1) is 0 Å². The number of ketones is 1. The first-order valence-electron chi connectivity index (χ1n) is 12.6. The third kappa shape index (κ3) is 5.62. The molecule has 0 saturated carbocycles. The van der Waals surface area contributed by atoms with Gasteiger partial charge in [-0.1, -0.05) is 57.2 Å². The Labute approximate surface area is 222 Å². The van der Waals surface area contributed by atoms with E-state index in [4.69, 9.17) is 9.47 Å². The van der Waals surface area contributed by atoms with Gasteiger partial charge in [0.25, 0.3) is 11.7 Å². The van der Waals surface area contributed by atoms with Crippen LogP contribution in [-0.4, -0.2) is 29.4 Å². The fraction of sp³-hybridized carbons (Fsp3) is 0.258. The molecule has 4 rings (SSSR count). The Morgan fingerprint density at radius 1 is 0.974 bits per heavy atom. The Bertz CT molecular complexity index is 1390. The molecule has 1 unspecified atom stereocenters. The van der Waals surface area contributed by atoms with E-state index in [-0.39, 0.29) is 17.1 Å². The average molecular weight is 514 g/mol. The van der Waals surface area contributed by atoms with Gasteiger partial charge in [0.1, 0.15) is 17.3 Å². The molecular weight excluding hydrogens is 482 g/mol. The minimum absolute atomic E-state index is 0.0597. The van der Waals surface area contributed by atoms with Crippen molar-refractivity contribution in [2.24, 2.45) is 5.92 Å². The predicted octanol–water partition coefficient (Wildman–Crippen LogP) is 5.84. The number of amides is 1. The minimum Gasteiger partial charge on any atom is -0.507 e. The van der Waals surface area contributed by atoms with Gasteiger partial charge >= 0.3 is 5.97 Å². The SMILES string of the molecule is CCc1ccc(N2C(=O)C(=O)/C(=C(\O)c3cccc(OCC(C)C)c3)C2c2cccc(OC(C)=O)c2)cc1. The van der Waals surface area contributed by atoms with Gasteiger partial charge in [-0.2, -0.15) is 0 Å². The molecule has 38 heavy (non-hydrogen) atoms. The molecule has 0 aromatic heterocycles. The molecular formula is C31H31NO6. The van der Waals surface area contributed by atoms with E-state index in [1.54, 1.807) is 60.7 Å². The lowest BCUT2D eigenvalue weighted by molar-refractivity contribution is -0.132. The highest BCUT2D eigenvalue weighted by molar-refractivity contribution is 6.51. The van der Waals surface area contributed by atoms with Crippen molar-refractivity contribution in [1.29, 1.82) is 0 Å². The van der Waals surface area contributed by atoms with Crippen LogP contribution in [0.25, 0.3) is 5.76 Å². The number of nitrogens with zero attached hydrogens (tertiary/aromatic N) is 1. The van der Waals surface area contributed by atoms with Crippen LogP contribution in [0.1, 0.15) is 50.4 Å². The standard InChI is InChI=1S/C31H31NO6/c1-5-21-12-14-24(15-13-21)32-28(22-8-6-11-26(16-22)38-20(4)33)27(30(35)31(32)36)29(34)23-9-7-10-25(17-23)37-18-19(2)3/h6-17,19,28,34H,5,18H2,1-4H3/b29-27-. The lowest BCUT2D eigenvalue weighted by atomic mass is 9.95. The molecule has 196 valence electrons. The summed E-state index contributed by atoms with van der Waals surface area (Å²) in [5.74, 6) is -1.25. The Kier molecular flexibility index (Phi) is 7.96. The number of esters is 1. The van der Waals surface area contributed by atoms with E-state index in [0.717, 1.165) is 12.0 Å². The third-order valence-electron chi connectivity index (χ3n) is 6.19. The maximum Gasteiger partial charge on any atom is 0.308 e. The molecule has 7 heteroatoms. The summed E-state index contributed by atoms with van der Waals surface area (Å²) in [5.41, 5.74) is 2.40. The summed E-state index contributed by atoms with van der Waals surface area (Å²) in [7, 11) is 0. The molecule has 1 amide bonds. The highest BCUT2D eigenvalue weighted by Crippen LogP contribution is 2.43. The van der Waals surface area contributed by atoms with Crippen molar-refractivity contribution in [1.82, 2.24) is 0 Å². The zero-order valence-corrected chi connectivity index (χ0v) is 21.9. The van der Waals surface area contributed by atoms with E-state index in [9.17, 15) is 19.5 Å². The molecule has 1 aliphatic heterocycles. The second kappa shape index (κ2) is 11.3. The molecule has 0 spiro atoms. The van der Waals surface area contributed by atoms with Crippen molar-refractivity contribution < 1.29 is 29.0 Å². The Morgan fingerprint density at radius 3 is 2.32 bits per heavy atom. The average Bonchev–Trinajstić information content (AvgIpc) is 3.17. The van der Waals surface area contributed by atoms with Gasteiger partial charge in [0.15, 0.2) is 0 Å². The zero-order chi connectivity index (χ0) is 27.4. The molecule has 1 heterocycles. The molecule has 3 aromatic carbocycles. The molecule has 1 saturated heterocycles. The second-order valence-corrected chi connectivity index (χ2v) is 9.59. The van der Waals surface area contributed by atoms with Gasteiger partial charge in [0.05, 0.1) is 18.2 Å². The number of benzene rings is 3. The number of hydrogen-bond acceptors (Lipinski definition) is 6. The number of aryl methyl sites for hydroxylation is 1. The molecule has 0 aliphatic carbocycles. The lowest BCUT2D eigenvalue weighted by Gasteiger charge is -2.26. The first-order valence-corrected chi connectivity index (χ1v) is 12.6. The van der Waals surface area contributed by atoms with Crippen LogP contribution < -0.4 is 14.4 Å². The van der Waals surface area contributed by atoms with Gasteiger partial charge in [-0.25, -0.2) is 0 Å². The van der Waals surface area contributed by atoms with Crippen molar-refractivity contribution >= 4 is 29.1 Å². The van der Waals surface area contributed by atoms with Crippen LogP contribution in [0.2, 0.25) is 0 Å². The quantitative estimate of drug-likeness (QED) is 0.134. The van der Waals surface area contributed by atoms with Gasteiger partial charge in [0.2, 0.25) is 0 Å². The summed E-state index contributed by atoms with van der Waals surface area (Å²) in [4.78, 5) is 39.8. The van der Waals surface area contributed by atoms with Crippen LogP contribution in [0.15, 0.2) is 78.4 Å². The van der Waals surface area contributed by atoms with E-state index in [0.29, 0.717) is 35.1 Å². The summed E-state index contributed by atoms with van der Waals surface area (Å²) in [6.07, 6.45) is 0.822. The van der Waals surface area contributed by atoms with Gasteiger partial charge in [-0.05, 0) is 59.9 Å². The highest BCUT2D eigenvalue weighted by Gasteiger charge is 2.47. The van der Waals surface area contributed by atoms with Crippen molar-refractivity contribution in [3.63, 3.8) is 0 Å². The number of carbonyl (C=O) groups excluding carboxylic acids is 3. The largest absolute Gasteiger partial charge is 0.507 e. The van der Waals surface area contributed by atoms with Crippen molar-refractivity contribution in [2.75, 3.05) is 11.5 Å². The van der Waals surface area contributed by atoms with Crippen LogP contribution in [0.3, 0.4) is 0 Å². The molecule has 1 N–H and O–H groups in total. The second-order valence-electron chi connectivity index (χ2n) is 9.59. The van der Waals surface area contributed by atoms with E-state index in [1.807, 2.05) is 32.9 Å². The monoisotopic (exact) mass is 513 g/mol. The van der Waals surface area contributed by atoms with Crippen LogP contribution in [0.5, 0.6) is 11.5 Å². The normalized spacial score (nSPS) is 16.7. The molecule has 1 fully saturated rings. The third-order valence-corrected chi connectivity index (χ3v) is 6.19. The van der Waals surface area contributed by atoms with E-state index in [2.05, 4.69) is 0 Å². The molecule has 0 bridgehead atoms. The number of rotatable bonds is 8. The Hall–Kier alpha value is -4.39. The van der Waals surface area contributed by atoms with Crippen LogP contribution in [-0.2, 0) is 20.8 Å². The maximum atomic E-state index is 13.4. The minimum atomic E-state index is -0.946. The Balaban J connectivity index is 1.87. The molecule has 3 aromatic rings. The van der Waals surface area contributed by atoms with Crippen LogP contribution in [0.4, 0.5) is 5.69 Å². The fourth-order valence-corrected chi connectivity index (χ4v) is 4.37. The lowest BCUT2D eigenvalue weighted by Crippen LogP contribution is -2.29. The number of aliphatic hydroxyl groups excluding tert-OH is 1. The smallest absolute Gasteiger partial charge is 0.308 e. The van der Waals surface area contributed by atoms with E-state index in [1.165, 1.54) is 11.8 Å². The summed E-state index contributed by atoms with van der Waals surface area (Å²) in [5, 5.41) is 11.4. The topological polar surface area (TPSA) is 93.1 Å². The van der Waals surface area contributed by atoms with Crippen molar-refractivity contribution in [3.05, 3.63) is 95.1 Å². The number of hydrogen-bond donors (Lipinski definition) is 1. The fourth-order valence-electron chi connectivity index (χ4n) is 4.37. The van der Waals surface area contributed by atoms with Gasteiger partial charge in [0, 0.05) is 18.2 Å². The highest BCUT2D eigenvalue weighted by atomic mass is 16.5. The molecule has 1 aliphatic rings. The first-order chi connectivity index (χ1) is 18.2. The molecule has 7 nitrogen and oxygen atoms in total. The first kappa shape index (κ1) is 26.7. The van der Waals surface area contributed by atoms with E-state index >= 15 is 0 Å². The molecule has 1 atom stereocenters. The zero-order valence-electron chi connectivity index (χ0n) is 21.9. The predicted molar refractivity (Wildman–Crippen MR) is 145 cm³/mol. The van der Waals surface area contributed by atoms with Gasteiger partial charge < -0.3 is 14.6 Å². The maximum absolute atomic E-state index is 13.4. The van der Waals surface area contributed by atoms with Crippen LogP contribution in [0, 0.1) is 5.92 Å². The number of ether oxygens (including phenoxy) is 2. The van der Waals surface area contributed by atoms with Crippen molar-refractivity contribution in [2.45, 2.75) is 40.2 Å². The summed E-state index contributed by atoms with van der Waals surface area (Å²) in [6.45, 7) is 7.87. The summed E-state index contributed by atoms with van der Waals surface area (Å²) >= 11 is 0. The summed E-state index contributed by atoms with van der Waals surface area (Å²) in [6, 6.07) is 19.8. The van der Waals surface area contributed by atoms with E-state index < -0.39 is 23.7 Å². The number of aliphatic hydroxyl groups is 1. The number of carbonyl (C=O) groups is 3. The van der Waals surface area contributed by atoms with Crippen LogP contribution >= 0.6 is 0 Å². The van der Waals surface area contributed by atoms with Gasteiger partial charge in [-0.3, -0.25) is 19.3 Å². The van der Waals surface area contributed by atoms with Crippen molar-refractivity contribution in [3.8, 4) is 11.5 Å². The summed E-state index contributed by atoms with van der Waals surface area (Å²) < 4.78 is 11.1. The number of anilines is 1. The Morgan fingerprint density at radius 2 is 1.66 bits per heavy atom. The number of Topliss-reactive ketones (excluding diaryl/α,β-unsaturated/α-hetero) is 1. The molecule has 0 radical (unpaired) electrons.